The van der Waals surface area contributed by atoms with E-state index in [0.29, 0.717) is 0 Å². The first-order chi connectivity index (χ1) is 10.9. The fourth-order valence-corrected chi connectivity index (χ4v) is 2.44. The molecule has 1 heterocycles. The molecule has 0 aromatic rings. The molecule has 0 aliphatic carbocycles. The van der Waals surface area contributed by atoms with Crippen molar-refractivity contribution in [2.75, 3.05) is 26.9 Å². The molecule has 0 radical (unpaired) electrons. The maximum Gasteiger partial charge on any atom is 0.173 e. The van der Waals surface area contributed by atoms with Gasteiger partial charge < -0.3 is 51.2 Å². The number of rotatable bonds is 9. The Balaban J connectivity index is 2.69. The van der Waals surface area contributed by atoms with Gasteiger partial charge in [0.25, 0.3) is 0 Å². The molecule has 0 aromatic heterocycles. The molecule has 138 valence electrons. The van der Waals surface area contributed by atoms with Gasteiger partial charge in [0, 0.05) is 13.7 Å². The predicted octanol–water partition coefficient (Wildman–Crippen LogP) is -4.15. The minimum absolute atomic E-state index is 0.0409. The monoisotopic (exact) mass is 340 g/mol. The van der Waals surface area contributed by atoms with E-state index in [1.54, 1.807) is 0 Å². The van der Waals surface area contributed by atoms with E-state index in [1.807, 2.05) is 0 Å². The average Bonchev–Trinajstić information content (AvgIpc) is 2.55. The Hall–Kier alpha value is -0.400. The molecule has 8 unspecified atom stereocenters. The molecular weight excluding hydrogens is 312 g/mol. The zero-order valence-corrected chi connectivity index (χ0v) is 13.1. The summed E-state index contributed by atoms with van der Waals surface area (Å²) in [6, 6.07) is -2.01. The van der Waals surface area contributed by atoms with Crippen molar-refractivity contribution in [3.05, 3.63) is 0 Å². The van der Waals surface area contributed by atoms with E-state index in [9.17, 15) is 20.4 Å². The fraction of sp³-hybridized carbons (Fsp3) is 1.00. The Kier molecular flexibility index (Phi) is 8.79. The molecular formula is C13H28N2O8. The van der Waals surface area contributed by atoms with E-state index < -0.39 is 55.5 Å². The Bertz CT molecular complexity index is 335. The summed E-state index contributed by atoms with van der Waals surface area (Å²) < 4.78 is 15.5. The van der Waals surface area contributed by atoms with Crippen molar-refractivity contribution in [3.63, 3.8) is 0 Å². The van der Waals surface area contributed by atoms with E-state index in [1.165, 1.54) is 7.11 Å². The molecule has 1 saturated heterocycles. The molecule has 10 nitrogen and oxygen atoms in total. The number of methoxy groups -OCH3 is 1. The molecule has 23 heavy (non-hydrogen) atoms. The second-order valence-corrected chi connectivity index (χ2v) is 5.55. The first kappa shape index (κ1) is 20.6. The molecule has 1 rings (SSSR count). The van der Waals surface area contributed by atoms with Gasteiger partial charge in [-0.1, -0.05) is 0 Å². The number of hydrogen-bond acceptors (Lipinski definition) is 10. The van der Waals surface area contributed by atoms with Crippen LogP contribution in [0.5, 0.6) is 0 Å². The van der Waals surface area contributed by atoms with Crippen molar-refractivity contribution >= 4 is 0 Å². The summed E-state index contributed by atoms with van der Waals surface area (Å²) in [6.07, 6.45) is -6.80. The standard InChI is InChI=1S/C13H28N2O8/c1-21-7(2-3-16)11(19)9(15)13(20)23-12-8(4-17)22-5-6(14)10(12)18/h6-13,16-20H,2-5,14-15H2,1H3. The SMILES string of the molecule is COC(CCO)C(O)C(N)C(O)OC1C(CO)OCC(N)C1O. The van der Waals surface area contributed by atoms with E-state index in [4.69, 9.17) is 30.8 Å². The fourth-order valence-electron chi connectivity index (χ4n) is 2.44. The Morgan fingerprint density at radius 1 is 1.30 bits per heavy atom. The third kappa shape index (κ3) is 5.29. The summed E-state index contributed by atoms with van der Waals surface area (Å²) in [6.45, 7) is -0.626. The highest BCUT2D eigenvalue weighted by atomic mass is 16.6. The van der Waals surface area contributed by atoms with Crippen molar-refractivity contribution in [1.29, 1.82) is 0 Å². The first-order valence-corrected chi connectivity index (χ1v) is 7.44. The number of aliphatic hydroxyl groups excluding tert-OH is 5. The Morgan fingerprint density at radius 2 is 1.96 bits per heavy atom. The number of ether oxygens (including phenoxy) is 3. The van der Waals surface area contributed by atoms with Crippen LogP contribution in [0.2, 0.25) is 0 Å². The van der Waals surface area contributed by atoms with Crippen molar-refractivity contribution in [3.8, 4) is 0 Å². The average molecular weight is 340 g/mol. The van der Waals surface area contributed by atoms with Crippen LogP contribution >= 0.6 is 0 Å². The molecule has 9 N–H and O–H groups in total. The van der Waals surface area contributed by atoms with E-state index in [0.717, 1.165) is 0 Å². The van der Waals surface area contributed by atoms with Crippen LogP contribution in [0.4, 0.5) is 0 Å². The van der Waals surface area contributed by atoms with Crippen LogP contribution in [0.3, 0.4) is 0 Å². The summed E-state index contributed by atoms with van der Waals surface area (Å²) in [5, 5.41) is 48.3. The number of aliphatic hydroxyl groups is 5. The highest BCUT2D eigenvalue weighted by molar-refractivity contribution is 4.91. The van der Waals surface area contributed by atoms with Gasteiger partial charge in [-0.3, -0.25) is 0 Å². The third-order valence-electron chi connectivity index (χ3n) is 3.94. The summed E-state index contributed by atoms with van der Waals surface area (Å²) in [4.78, 5) is 0. The van der Waals surface area contributed by atoms with E-state index in [2.05, 4.69) is 0 Å². The lowest BCUT2D eigenvalue weighted by atomic mass is 9.98. The van der Waals surface area contributed by atoms with Gasteiger partial charge in [-0.25, -0.2) is 0 Å². The van der Waals surface area contributed by atoms with Crippen LogP contribution in [-0.4, -0.2) is 101 Å². The van der Waals surface area contributed by atoms with E-state index in [-0.39, 0.29) is 19.6 Å². The predicted molar refractivity (Wildman–Crippen MR) is 78.2 cm³/mol. The lowest BCUT2D eigenvalue weighted by Crippen LogP contribution is -2.61. The van der Waals surface area contributed by atoms with Gasteiger partial charge in [-0.05, 0) is 6.42 Å². The third-order valence-corrected chi connectivity index (χ3v) is 3.94. The smallest absolute Gasteiger partial charge is 0.173 e. The second kappa shape index (κ2) is 9.79. The Labute approximate surface area is 134 Å². The van der Waals surface area contributed by atoms with Crippen molar-refractivity contribution < 1.29 is 39.7 Å². The molecule has 0 bridgehead atoms. The van der Waals surface area contributed by atoms with E-state index >= 15 is 0 Å². The minimum Gasteiger partial charge on any atom is -0.396 e. The van der Waals surface area contributed by atoms with Crippen molar-refractivity contribution in [2.24, 2.45) is 11.5 Å². The van der Waals surface area contributed by atoms with Crippen LogP contribution in [-0.2, 0) is 14.2 Å². The molecule has 1 fully saturated rings. The summed E-state index contributed by atoms with van der Waals surface area (Å²) in [5.41, 5.74) is 11.4. The van der Waals surface area contributed by atoms with Crippen molar-refractivity contribution in [2.45, 2.75) is 55.3 Å². The van der Waals surface area contributed by atoms with Gasteiger partial charge in [0.1, 0.15) is 24.4 Å². The molecule has 0 saturated carbocycles. The van der Waals surface area contributed by atoms with Crippen LogP contribution in [0, 0.1) is 0 Å². The largest absolute Gasteiger partial charge is 0.396 e. The minimum atomic E-state index is -1.66. The highest BCUT2D eigenvalue weighted by Gasteiger charge is 2.41. The van der Waals surface area contributed by atoms with Crippen LogP contribution in [0.25, 0.3) is 0 Å². The molecule has 0 amide bonds. The molecule has 1 aliphatic rings. The van der Waals surface area contributed by atoms with Gasteiger partial charge in [0.2, 0.25) is 0 Å². The molecule has 10 heteroatoms. The molecule has 8 atom stereocenters. The molecule has 1 aliphatic heterocycles. The topological polar surface area (TPSA) is 181 Å². The van der Waals surface area contributed by atoms with Gasteiger partial charge in [0.15, 0.2) is 6.29 Å². The van der Waals surface area contributed by atoms with Gasteiger partial charge in [-0.15, -0.1) is 0 Å². The lowest BCUT2D eigenvalue weighted by Gasteiger charge is -2.40. The summed E-state index contributed by atoms with van der Waals surface area (Å²) in [7, 11) is 1.34. The maximum atomic E-state index is 10.1. The van der Waals surface area contributed by atoms with Crippen LogP contribution in [0.15, 0.2) is 0 Å². The Morgan fingerprint density at radius 3 is 2.48 bits per heavy atom. The quantitative estimate of drug-likeness (QED) is 0.204. The second-order valence-electron chi connectivity index (χ2n) is 5.55. The number of hydrogen-bond donors (Lipinski definition) is 7. The van der Waals surface area contributed by atoms with Gasteiger partial charge >= 0.3 is 0 Å². The van der Waals surface area contributed by atoms with Gasteiger partial charge in [0.05, 0.1) is 31.4 Å². The highest BCUT2D eigenvalue weighted by Crippen LogP contribution is 2.20. The van der Waals surface area contributed by atoms with Crippen LogP contribution < -0.4 is 11.5 Å². The first-order valence-electron chi connectivity index (χ1n) is 7.44. The molecule has 0 aromatic carbocycles. The summed E-state index contributed by atoms with van der Waals surface area (Å²) in [5.74, 6) is 0. The normalized spacial score (nSPS) is 33.9. The van der Waals surface area contributed by atoms with Crippen molar-refractivity contribution in [1.82, 2.24) is 0 Å². The lowest BCUT2D eigenvalue weighted by molar-refractivity contribution is -0.246. The zero-order chi connectivity index (χ0) is 17.6. The van der Waals surface area contributed by atoms with Gasteiger partial charge in [-0.2, -0.15) is 0 Å². The van der Waals surface area contributed by atoms with Crippen LogP contribution in [0.1, 0.15) is 6.42 Å². The number of nitrogens with two attached hydrogens (primary N) is 2. The summed E-state index contributed by atoms with van der Waals surface area (Å²) >= 11 is 0. The molecule has 0 spiro atoms. The maximum absolute atomic E-state index is 10.1. The zero-order valence-electron chi connectivity index (χ0n) is 13.1.